The van der Waals surface area contributed by atoms with Gasteiger partial charge in [0.05, 0.1) is 0 Å². The summed E-state index contributed by atoms with van der Waals surface area (Å²) >= 11 is 0. The Morgan fingerprint density at radius 3 is 2.14 bits per heavy atom. The van der Waals surface area contributed by atoms with Gasteiger partial charge in [-0.2, -0.15) is 0 Å². The molecule has 5 rings (SSSR count). The van der Waals surface area contributed by atoms with E-state index in [-0.39, 0.29) is 11.8 Å². The van der Waals surface area contributed by atoms with Gasteiger partial charge in [-0.15, -0.1) is 0 Å². The van der Waals surface area contributed by atoms with Crippen LogP contribution in [0.4, 0.5) is 0 Å². The van der Waals surface area contributed by atoms with Crippen molar-refractivity contribution in [1.29, 1.82) is 0 Å². The molecule has 3 heteroatoms. The number of imide groups is 1. The number of carbonyl (C=O) groups is 2. The Labute approximate surface area is 119 Å². The van der Waals surface area contributed by atoms with Crippen LogP contribution in [0, 0.1) is 0 Å². The Kier molecular flexibility index (Phi) is 1.74. The highest BCUT2D eigenvalue weighted by atomic mass is 16.2. The van der Waals surface area contributed by atoms with E-state index in [0.717, 1.165) is 32.3 Å². The zero-order valence-corrected chi connectivity index (χ0v) is 10.9. The van der Waals surface area contributed by atoms with Crippen LogP contribution in [0.1, 0.15) is 20.7 Å². The van der Waals surface area contributed by atoms with E-state index in [0.29, 0.717) is 11.1 Å². The molecule has 0 aliphatic carbocycles. The van der Waals surface area contributed by atoms with Gasteiger partial charge in [0.1, 0.15) is 0 Å². The maximum atomic E-state index is 12.2. The Hall–Kier alpha value is -2.94. The molecule has 2 amide bonds. The van der Waals surface area contributed by atoms with E-state index >= 15 is 0 Å². The summed E-state index contributed by atoms with van der Waals surface area (Å²) in [5.74, 6) is -0.628. The third-order valence-electron chi connectivity index (χ3n) is 4.34. The van der Waals surface area contributed by atoms with Crippen molar-refractivity contribution in [3.63, 3.8) is 0 Å². The SMILES string of the molecule is O=C1NC(=O)c2cc3cccc4ccc5ccc1c2c5c43. The second-order valence-corrected chi connectivity index (χ2v) is 5.44. The smallest absolute Gasteiger partial charge is 0.258 e. The van der Waals surface area contributed by atoms with Gasteiger partial charge in [0.15, 0.2) is 0 Å². The van der Waals surface area contributed by atoms with Crippen LogP contribution < -0.4 is 5.32 Å². The van der Waals surface area contributed by atoms with Gasteiger partial charge in [0.2, 0.25) is 0 Å². The summed E-state index contributed by atoms with van der Waals surface area (Å²) in [4.78, 5) is 24.3. The van der Waals surface area contributed by atoms with E-state index in [2.05, 4.69) is 17.4 Å². The molecule has 3 nitrogen and oxygen atoms in total. The quantitative estimate of drug-likeness (QED) is 0.393. The van der Waals surface area contributed by atoms with Crippen LogP contribution in [0.5, 0.6) is 0 Å². The summed E-state index contributed by atoms with van der Waals surface area (Å²) in [7, 11) is 0. The van der Waals surface area contributed by atoms with E-state index < -0.39 is 0 Å². The second kappa shape index (κ2) is 3.38. The monoisotopic (exact) mass is 271 g/mol. The standard InChI is InChI=1S/C18H9NO2/c20-17-12-7-6-10-5-4-9-2-1-3-11-8-13(18(21)19-17)16(12)15(10)14(9)11/h1-8H,(H,19,20,21). The molecule has 4 aromatic carbocycles. The molecule has 21 heavy (non-hydrogen) atoms. The van der Waals surface area contributed by atoms with E-state index in [4.69, 9.17) is 0 Å². The van der Waals surface area contributed by atoms with Gasteiger partial charge < -0.3 is 0 Å². The minimum atomic E-state index is -0.314. The van der Waals surface area contributed by atoms with Crippen molar-refractivity contribution in [3.8, 4) is 0 Å². The van der Waals surface area contributed by atoms with Gasteiger partial charge in [-0.25, -0.2) is 0 Å². The van der Waals surface area contributed by atoms with Gasteiger partial charge in [-0.05, 0) is 39.1 Å². The van der Waals surface area contributed by atoms with Crippen LogP contribution >= 0.6 is 0 Å². The molecule has 1 aliphatic heterocycles. The molecular weight excluding hydrogens is 262 g/mol. The highest BCUT2D eigenvalue weighted by Crippen LogP contribution is 2.39. The fourth-order valence-corrected chi connectivity index (χ4v) is 3.46. The van der Waals surface area contributed by atoms with Crippen molar-refractivity contribution in [2.24, 2.45) is 0 Å². The normalized spacial score (nSPS) is 14.3. The van der Waals surface area contributed by atoms with E-state index in [1.165, 1.54) is 0 Å². The van der Waals surface area contributed by atoms with Crippen molar-refractivity contribution in [2.75, 3.05) is 0 Å². The molecule has 98 valence electrons. The maximum absolute atomic E-state index is 12.2. The van der Waals surface area contributed by atoms with Gasteiger partial charge in [-0.1, -0.05) is 36.4 Å². The summed E-state index contributed by atoms with van der Waals surface area (Å²) < 4.78 is 0. The fraction of sp³-hybridized carbons (Fsp3) is 0. The van der Waals surface area contributed by atoms with E-state index in [1.54, 1.807) is 6.07 Å². The predicted molar refractivity (Wildman–Crippen MR) is 81.9 cm³/mol. The van der Waals surface area contributed by atoms with Crippen molar-refractivity contribution < 1.29 is 9.59 Å². The molecule has 0 spiro atoms. The maximum Gasteiger partial charge on any atom is 0.258 e. The van der Waals surface area contributed by atoms with Gasteiger partial charge >= 0.3 is 0 Å². The van der Waals surface area contributed by atoms with Gasteiger partial charge in [-0.3, -0.25) is 14.9 Å². The molecule has 0 bridgehead atoms. The Morgan fingerprint density at radius 1 is 0.619 bits per heavy atom. The first-order valence-corrected chi connectivity index (χ1v) is 6.80. The second-order valence-electron chi connectivity index (χ2n) is 5.44. The first-order valence-electron chi connectivity index (χ1n) is 6.80. The minimum Gasteiger partial charge on any atom is -0.288 e. The van der Waals surface area contributed by atoms with E-state index in [9.17, 15) is 9.59 Å². The zero-order valence-electron chi connectivity index (χ0n) is 10.9. The summed E-state index contributed by atoms with van der Waals surface area (Å²) in [6.45, 7) is 0. The molecule has 0 fully saturated rings. The molecule has 0 saturated carbocycles. The van der Waals surface area contributed by atoms with Crippen molar-refractivity contribution >= 4 is 44.1 Å². The average Bonchev–Trinajstić information content (AvgIpc) is 2.50. The molecule has 1 N–H and O–H groups in total. The number of benzene rings is 4. The predicted octanol–water partition coefficient (Wildman–Crippen LogP) is 3.47. The summed E-state index contributed by atoms with van der Waals surface area (Å²) in [5.41, 5.74) is 1.16. The number of nitrogens with one attached hydrogen (secondary N) is 1. The van der Waals surface area contributed by atoms with Crippen molar-refractivity contribution in [1.82, 2.24) is 5.32 Å². The van der Waals surface area contributed by atoms with Crippen LogP contribution in [0.15, 0.2) is 48.5 Å². The molecule has 0 aromatic heterocycles. The van der Waals surface area contributed by atoms with Crippen molar-refractivity contribution in [2.45, 2.75) is 0 Å². The lowest BCUT2D eigenvalue weighted by atomic mass is 9.87. The molecule has 1 aliphatic rings. The third kappa shape index (κ3) is 1.19. The van der Waals surface area contributed by atoms with Crippen LogP contribution in [-0.2, 0) is 0 Å². The lowest BCUT2D eigenvalue weighted by Crippen LogP contribution is -2.34. The minimum absolute atomic E-state index is 0.313. The highest BCUT2D eigenvalue weighted by molar-refractivity contribution is 6.34. The zero-order chi connectivity index (χ0) is 14.1. The summed E-state index contributed by atoms with van der Waals surface area (Å²) in [6, 6.07) is 15.8. The molecule has 0 saturated heterocycles. The molecular formula is C18H9NO2. The molecule has 0 radical (unpaired) electrons. The van der Waals surface area contributed by atoms with Crippen molar-refractivity contribution in [3.05, 3.63) is 59.7 Å². The van der Waals surface area contributed by atoms with Crippen LogP contribution in [0.25, 0.3) is 32.3 Å². The fourth-order valence-electron chi connectivity index (χ4n) is 3.46. The lowest BCUT2D eigenvalue weighted by Gasteiger charge is -2.20. The molecule has 1 heterocycles. The average molecular weight is 271 g/mol. The van der Waals surface area contributed by atoms with Crippen LogP contribution in [0.3, 0.4) is 0 Å². The Morgan fingerprint density at radius 2 is 1.29 bits per heavy atom. The number of amides is 2. The van der Waals surface area contributed by atoms with Gasteiger partial charge in [0, 0.05) is 16.5 Å². The summed E-state index contributed by atoms with van der Waals surface area (Å²) in [5, 5.41) is 8.55. The first kappa shape index (κ1) is 10.8. The number of hydrogen-bond donors (Lipinski definition) is 1. The third-order valence-corrected chi connectivity index (χ3v) is 4.34. The first-order chi connectivity index (χ1) is 10.2. The topological polar surface area (TPSA) is 46.2 Å². The number of hydrogen-bond acceptors (Lipinski definition) is 2. The number of carbonyl (C=O) groups excluding carboxylic acids is 2. The van der Waals surface area contributed by atoms with Crippen LogP contribution in [-0.4, -0.2) is 11.8 Å². The lowest BCUT2D eigenvalue weighted by molar-refractivity contribution is 0.0845. The van der Waals surface area contributed by atoms with Crippen LogP contribution in [0.2, 0.25) is 0 Å². The highest BCUT2D eigenvalue weighted by Gasteiger charge is 2.27. The molecule has 0 atom stereocenters. The largest absolute Gasteiger partial charge is 0.288 e. The Balaban J connectivity index is 2.22. The van der Waals surface area contributed by atoms with Gasteiger partial charge in [0.25, 0.3) is 11.8 Å². The molecule has 0 unspecified atom stereocenters. The Bertz CT molecular complexity index is 1090. The summed E-state index contributed by atoms with van der Waals surface area (Å²) in [6.07, 6.45) is 0. The number of rotatable bonds is 0. The molecule has 4 aromatic rings. The van der Waals surface area contributed by atoms with E-state index in [1.807, 2.05) is 30.3 Å².